The van der Waals surface area contributed by atoms with Crippen molar-refractivity contribution in [3.8, 4) is 0 Å². The summed E-state index contributed by atoms with van der Waals surface area (Å²) in [6.45, 7) is 12.2. The monoisotopic (exact) mass is 275 g/mol. The molecule has 0 radical (unpaired) electrons. The molecule has 0 bridgehead atoms. The van der Waals surface area contributed by atoms with Crippen molar-refractivity contribution in [1.29, 1.82) is 0 Å². The second-order valence-corrected chi connectivity index (χ2v) is 5.60. The molecule has 0 aliphatic carbocycles. The van der Waals surface area contributed by atoms with Crippen LogP contribution in [-0.4, -0.2) is 44.6 Å². The van der Waals surface area contributed by atoms with Gasteiger partial charge in [-0.2, -0.15) is 10.2 Å². The molecule has 0 aromatic carbocycles. The third-order valence-electron chi connectivity index (χ3n) is 3.59. The zero-order valence-corrected chi connectivity index (χ0v) is 13.2. The number of aromatic nitrogens is 4. The van der Waals surface area contributed by atoms with E-state index in [9.17, 15) is 0 Å². The average molecular weight is 275 g/mol. The normalized spacial score (nSPS) is 11.5. The lowest BCUT2D eigenvalue weighted by molar-refractivity contribution is 0.292. The van der Waals surface area contributed by atoms with Gasteiger partial charge in [-0.15, -0.1) is 0 Å². The van der Waals surface area contributed by atoms with Crippen LogP contribution in [0.15, 0.2) is 12.1 Å². The molecule has 0 atom stereocenters. The third-order valence-corrected chi connectivity index (χ3v) is 3.59. The Kier molecular flexibility index (Phi) is 4.60. The second kappa shape index (κ2) is 6.22. The Hall–Kier alpha value is -1.62. The SMILES string of the molecule is Cc1cc(C)n(CCN(C)CCn2nc(C)cc2C)n1. The fraction of sp³-hybridized carbons (Fsp3) is 0.600. The molecule has 2 aromatic rings. The van der Waals surface area contributed by atoms with Gasteiger partial charge in [0.2, 0.25) is 0 Å². The smallest absolute Gasteiger partial charge is 0.0596 e. The molecule has 0 saturated heterocycles. The van der Waals surface area contributed by atoms with E-state index < -0.39 is 0 Å². The first-order valence-corrected chi connectivity index (χ1v) is 7.16. The predicted molar refractivity (Wildman–Crippen MR) is 80.9 cm³/mol. The van der Waals surface area contributed by atoms with E-state index in [2.05, 4.69) is 57.5 Å². The first kappa shape index (κ1) is 14.8. The van der Waals surface area contributed by atoms with Crippen molar-refractivity contribution in [2.24, 2.45) is 0 Å². The van der Waals surface area contributed by atoms with Gasteiger partial charge in [0.05, 0.1) is 24.5 Å². The van der Waals surface area contributed by atoms with Crippen LogP contribution in [-0.2, 0) is 13.1 Å². The summed E-state index contributed by atoms with van der Waals surface area (Å²) in [6.07, 6.45) is 0. The number of hydrogen-bond acceptors (Lipinski definition) is 3. The highest BCUT2D eigenvalue weighted by Gasteiger charge is 2.05. The lowest BCUT2D eigenvalue weighted by Gasteiger charge is -2.17. The highest BCUT2D eigenvalue weighted by Crippen LogP contribution is 2.03. The zero-order valence-electron chi connectivity index (χ0n) is 13.2. The van der Waals surface area contributed by atoms with E-state index >= 15 is 0 Å². The van der Waals surface area contributed by atoms with Gasteiger partial charge in [0.1, 0.15) is 0 Å². The summed E-state index contributed by atoms with van der Waals surface area (Å²) in [5, 5.41) is 8.98. The Morgan fingerprint density at radius 3 is 1.55 bits per heavy atom. The van der Waals surface area contributed by atoms with Gasteiger partial charge in [-0.1, -0.05) is 0 Å². The van der Waals surface area contributed by atoms with Crippen molar-refractivity contribution in [3.63, 3.8) is 0 Å². The predicted octanol–water partition coefficient (Wildman–Crippen LogP) is 1.95. The van der Waals surface area contributed by atoms with Gasteiger partial charge in [-0.25, -0.2) is 0 Å². The van der Waals surface area contributed by atoms with Crippen molar-refractivity contribution < 1.29 is 0 Å². The first-order chi connectivity index (χ1) is 9.45. The first-order valence-electron chi connectivity index (χ1n) is 7.16. The minimum atomic E-state index is 0.938. The maximum Gasteiger partial charge on any atom is 0.0596 e. The Morgan fingerprint density at radius 1 is 0.850 bits per heavy atom. The minimum absolute atomic E-state index is 0.938. The van der Waals surface area contributed by atoms with E-state index in [1.54, 1.807) is 0 Å². The summed E-state index contributed by atoms with van der Waals surface area (Å²) in [7, 11) is 2.15. The molecule has 5 heteroatoms. The van der Waals surface area contributed by atoms with E-state index in [0.29, 0.717) is 0 Å². The van der Waals surface area contributed by atoms with Gasteiger partial charge < -0.3 is 4.90 Å². The molecule has 0 saturated carbocycles. The quantitative estimate of drug-likeness (QED) is 0.809. The van der Waals surface area contributed by atoms with Gasteiger partial charge in [0, 0.05) is 24.5 Å². The molecule has 2 heterocycles. The van der Waals surface area contributed by atoms with E-state index in [0.717, 1.165) is 37.6 Å². The molecule has 2 aromatic heterocycles. The molecule has 0 N–H and O–H groups in total. The highest BCUT2D eigenvalue weighted by atomic mass is 15.3. The topological polar surface area (TPSA) is 38.9 Å². The molecule has 0 amide bonds. The van der Waals surface area contributed by atoms with E-state index in [1.807, 2.05) is 13.8 Å². The number of aryl methyl sites for hydroxylation is 4. The Morgan fingerprint density at radius 2 is 1.25 bits per heavy atom. The summed E-state index contributed by atoms with van der Waals surface area (Å²) in [5.74, 6) is 0. The molecule has 0 aliphatic rings. The van der Waals surface area contributed by atoms with Gasteiger partial charge in [-0.05, 0) is 46.9 Å². The van der Waals surface area contributed by atoms with Gasteiger partial charge in [0.15, 0.2) is 0 Å². The van der Waals surface area contributed by atoms with E-state index in [4.69, 9.17) is 0 Å². The average Bonchev–Trinajstić information content (AvgIpc) is 2.86. The van der Waals surface area contributed by atoms with Crippen LogP contribution in [0.3, 0.4) is 0 Å². The third kappa shape index (κ3) is 3.70. The summed E-state index contributed by atoms with van der Waals surface area (Å²) in [4.78, 5) is 2.33. The van der Waals surface area contributed by atoms with Crippen molar-refractivity contribution in [3.05, 3.63) is 34.9 Å². The maximum absolute atomic E-state index is 4.49. The van der Waals surface area contributed by atoms with Crippen LogP contribution >= 0.6 is 0 Å². The van der Waals surface area contributed by atoms with Crippen LogP contribution in [0, 0.1) is 27.7 Å². The van der Waals surface area contributed by atoms with E-state index in [1.165, 1.54) is 11.4 Å². The van der Waals surface area contributed by atoms with Crippen LogP contribution < -0.4 is 0 Å². The van der Waals surface area contributed by atoms with Crippen molar-refractivity contribution in [2.75, 3.05) is 20.1 Å². The molecule has 0 spiro atoms. The van der Waals surface area contributed by atoms with Crippen LogP contribution in [0.25, 0.3) is 0 Å². The maximum atomic E-state index is 4.49. The van der Waals surface area contributed by atoms with Crippen molar-refractivity contribution >= 4 is 0 Å². The fourth-order valence-corrected chi connectivity index (χ4v) is 2.45. The van der Waals surface area contributed by atoms with Crippen molar-refractivity contribution in [1.82, 2.24) is 24.5 Å². The Bertz CT molecular complexity index is 517. The fourth-order valence-electron chi connectivity index (χ4n) is 2.45. The van der Waals surface area contributed by atoms with Crippen LogP contribution in [0.2, 0.25) is 0 Å². The summed E-state index contributed by atoms with van der Waals surface area (Å²) in [6, 6.07) is 4.24. The van der Waals surface area contributed by atoms with Crippen LogP contribution in [0.5, 0.6) is 0 Å². The van der Waals surface area contributed by atoms with E-state index in [-0.39, 0.29) is 0 Å². The zero-order chi connectivity index (χ0) is 14.7. The van der Waals surface area contributed by atoms with Gasteiger partial charge in [0.25, 0.3) is 0 Å². The van der Waals surface area contributed by atoms with Crippen LogP contribution in [0.1, 0.15) is 22.8 Å². The molecule has 0 unspecified atom stereocenters. The molecule has 20 heavy (non-hydrogen) atoms. The Balaban J connectivity index is 1.79. The highest BCUT2D eigenvalue weighted by molar-refractivity contribution is 5.07. The minimum Gasteiger partial charge on any atom is -0.303 e. The molecular formula is C15H25N5. The summed E-state index contributed by atoms with van der Waals surface area (Å²) >= 11 is 0. The Labute approximate surface area is 121 Å². The summed E-state index contributed by atoms with van der Waals surface area (Å²) in [5.41, 5.74) is 4.64. The van der Waals surface area contributed by atoms with Gasteiger partial charge in [-0.3, -0.25) is 9.36 Å². The second-order valence-electron chi connectivity index (χ2n) is 5.60. The molecule has 0 fully saturated rings. The summed E-state index contributed by atoms with van der Waals surface area (Å²) < 4.78 is 4.16. The molecule has 0 aliphatic heterocycles. The van der Waals surface area contributed by atoms with Crippen LogP contribution in [0.4, 0.5) is 0 Å². The molecule has 110 valence electrons. The molecular weight excluding hydrogens is 250 g/mol. The largest absolute Gasteiger partial charge is 0.303 e. The molecule has 2 rings (SSSR count). The van der Waals surface area contributed by atoms with Gasteiger partial charge >= 0.3 is 0 Å². The van der Waals surface area contributed by atoms with Crippen molar-refractivity contribution in [2.45, 2.75) is 40.8 Å². The lowest BCUT2D eigenvalue weighted by atomic mass is 10.4. The standard InChI is InChI=1S/C15H25N5/c1-12-10-14(3)19(16-12)8-6-18(5)7-9-20-15(4)11-13(2)17-20/h10-11H,6-9H2,1-5H3. The number of nitrogens with zero attached hydrogens (tertiary/aromatic N) is 5. The number of hydrogen-bond donors (Lipinski definition) is 0. The lowest BCUT2D eigenvalue weighted by Crippen LogP contribution is -2.28. The number of rotatable bonds is 6. The molecule has 5 nitrogen and oxygen atoms in total. The number of likely N-dealkylation sites (N-methyl/N-ethyl adjacent to an activating group) is 1.